The second kappa shape index (κ2) is 9.50. The third-order valence-corrected chi connectivity index (χ3v) is 8.48. The molecule has 1 nitrogen and oxygen atoms in total. The Morgan fingerprint density at radius 1 is 0.415 bits per heavy atom. The Kier molecular flexibility index (Phi) is 5.50. The molecule has 0 unspecified atom stereocenters. The van der Waals surface area contributed by atoms with Crippen molar-refractivity contribution in [2.24, 2.45) is 0 Å². The van der Waals surface area contributed by atoms with Gasteiger partial charge >= 0.3 is 0 Å². The van der Waals surface area contributed by atoms with Crippen LogP contribution in [0.25, 0.3) is 43.8 Å². The number of hydrogen-bond donors (Lipinski definition) is 0. The molecule has 0 bridgehead atoms. The molecule has 0 aromatic heterocycles. The van der Waals surface area contributed by atoms with Crippen LogP contribution in [0.4, 0.5) is 17.1 Å². The first-order valence-corrected chi connectivity index (χ1v) is 14.3. The average molecular weight is 524 g/mol. The lowest BCUT2D eigenvalue weighted by molar-refractivity contribution is 1.09. The molecule has 8 rings (SSSR count). The van der Waals surface area contributed by atoms with Crippen molar-refractivity contribution in [3.63, 3.8) is 0 Å². The lowest BCUT2D eigenvalue weighted by atomic mass is 9.89. The van der Waals surface area contributed by atoms with Gasteiger partial charge in [0.05, 0.1) is 0 Å². The molecule has 1 aliphatic rings. The fraction of sp³-hybridized carbons (Fsp3) is 0.0500. The van der Waals surface area contributed by atoms with E-state index >= 15 is 0 Å². The maximum absolute atomic E-state index is 2.43. The zero-order chi connectivity index (χ0) is 27.3. The smallest absolute Gasteiger partial charge is 0.0497 e. The maximum Gasteiger partial charge on any atom is 0.0497 e. The van der Waals surface area contributed by atoms with E-state index in [4.69, 9.17) is 0 Å². The normalized spacial score (nSPS) is 12.4. The van der Waals surface area contributed by atoms with Gasteiger partial charge in [-0.25, -0.2) is 0 Å². The van der Waals surface area contributed by atoms with E-state index in [2.05, 4.69) is 157 Å². The highest BCUT2D eigenvalue weighted by atomic mass is 15.2. The number of benzene rings is 7. The highest BCUT2D eigenvalue weighted by Gasteiger charge is 2.25. The van der Waals surface area contributed by atoms with Gasteiger partial charge in [-0.3, -0.25) is 0 Å². The molecular weight excluding hydrogens is 494 g/mol. The number of rotatable bonds is 3. The highest BCUT2D eigenvalue weighted by Crippen LogP contribution is 2.46. The number of fused-ring (bicyclic) bond motifs is 4. The Hall–Kier alpha value is -5.14. The quantitative estimate of drug-likeness (QED) is 0.223. The molecule has 0 atom stereocenters. The first kappa shape index (κ1) is 23.7. The van der Waals surface area contributed by atoms with Gasteiger partial charge in [-0.15, -0.1) is 0 Å². The van der Waals surface area contributed by atoms with Gasteiger partial charge in [0.2, 0.25) is 0 Å². The third-order valence-electron chi connectivity index (χ3n) is 8.48. The molecule has 1 heteroatoms. The van der Waals surface area contributed by atoms with Gasteiger partial charge in [0.15, 0.2) is 0 Å². The molecule has 1 aliphatic heterocycles. The zero-order valence-electron chi connectivity index (χ0n) is 23.0. The van der Waals surface area contributed by atoms with E-state index in [9.17, 15) is 0 Å². The van der Waals surface area contributed by atoms with Gasteiger partial charge in [0.25, 0.3) is 0 Å². The number of hydrogen-bond acceptors (Lipinski definition) is 1. The van der Waals surface area contributed by atoms with Crippen LogP contribution in [0.1, 0.15) is 16.7 Å². The molecule has 0 spiro atoms. The molecule has 0 N–H and O–H groups in total. The first-order chi connectivity index (χ1) is 20.2. The number of aryl methyl sites for hydroxylation is 1. The van der Waals surface area contributed by atoms with Crippen molar-refractivity contribution in [2.45, 2.75) is 13.3 Å². The van der Waals surface area contributed by atoms with Gasteiger partial charge in [-0.2, -0.15) is 0 Å². The number of nitrogens with zero attached hydrogens (tertiary/aromatic N) is 1. The molecular formula is C40H29N. The summed E-state index contributed by atoms with van der Waals surface area (Å²) < 4.78 is 0. The van der Waals surface area contributed by atoms with E-state index in [1.807, 2.05) is 0 Å². The van der Waals surface area contributed by atoms with Crippen molar-refractivity contribution < 1.29 is 0 Å². The summed E-state index contributed by atoms with van der Waals surface area (Å²) in [6.45, 7) is 2.15. The largest absolute Gasteiger partial charge is 0.310 e. The fourth-order valence-corrected chi connectivity index (χ4v) is 6.29. The molecule has 0 saturated heterocycles. The summed E-state index contributed by atoms with van der Waals surface area (Å²) in [4.78, 5) is 2.43. The lowest BCUT2D eigenvalue weighted by Gasteiger charge is -2.34. The minimum Gasteiger partial charge on any atom is -0.310 e. The van der Waals surface area contributed by atoms with E-state index in [0.717, 1.165) is 6.42 Å². The van der Waals surface area contributed by atoms with Crippen LogP contribution in [0.3, 0.4) is 0 Å². The SMILES string of the molecule is Cc1ccc(N2c3ccc(-c4ccc5ccccc5c4)cc3Cc3cc(-c4ccc5ccccc5c4)ccc32)cc1. The predicted molar refractivity (Wildman–Crippen MR) is 175 cm³/mol. The summed E-state index contributed by atoms with van der Waals surface area (Å²) in [6, 6.07) is 53.6. The molecule has 0 radical (unpaired) electrons. The van der Waals surface area contributed by atoms with E-state index in [0.29, 0.717) is 0 Å². The summed E-state index contributed by atoms with van der Waals surface area (Å²) in [5, 5.41) is 5.09. The van der Waals surface area contributed by atoms with Crippen LogP contribution in [0.5, 0.6) is 0 Å². The maximum atomic E-state index is 2.43. The highest BCUT2D eigenvalue weighted by molar-refractivity contribution is 5.91. The Bertz CT molecular complexity index is 1960. The van der Waals surface area contributed by atoms with E-state index in [1.54, 1.807) is 0 Å². The van der Waals surface area contributed by atoms with Crippen LogP contribution < -0.4 is 4.90 Å². The van der Waals surface area contributed by atoms with Crippen molar-refractivity contribution in [1.82, 2.24) is 0 Å². The summed E-state index contributed by atoms with van der Waals surface area (Å²) >= 11 is 0. The second-order valence-electron chi connectivity index (χ2n) is 11.2. The monoisotopic (exact) mass is 523 g/mol. The topological polar surface area (TPSA) is 3.24 Å². The van der Waals surface area contributed by atoms with Gasteiger partial charge < -0.3 is 4.90 Å². The van der Waals surface area contributed by atoms with Crippen LogP contribution in [0.2, 0.25) is 0 Å². The molecule has 7 aromatic rings. The van der Waals surface area contributed by atoms with Crippen molar-refractivity contribution in [2.75, 3.05) is 4.90 Å². The van der Waals surface area contributed by atoms with E-state index in [-0.39, 0.29) is 0 Å². The van der Waals surface area contributed by atoms with Crippen LogP contribution in [-0.2, 0) is 6.42 Å². The molecule has 194 valence electrons. The van der Waals surface area contributed by atoms with Crippen LogP contribution >= 0.6 is 0 Å². The summed E-state index contributed by atoms with van der Waals surface area (Å²) in [7, 11) is 0. The van der Waals surface area contributed by atoms with E-state index < -0.39 is 0 Å². The number of anilines is 3. The van der Waals surface area contributed by atoms with Crippen molar-refractivity contribution in [3.05, 3.63) is 162 Å². The van der Waals surface area contributed by atoms with E-state index in [1.165, 1.54) is 77.6 Å². The summed E-state index contributed by atoms with van der Waals surface area (Å²) in [5.41, 5.74) is 12.7. The molecule has 41 heavy (non-hydrogen) atoms. The molecule has 1 heterocycles. The van der Waals surface area contributed by atoms with Crippen molar-refractivity contribution in [3.8, 4) is 22.3 Å². The minimum absolute atomic E-state index is 0.899. The van der Waals surface area contributed by atoms with Crippen LogP contribution in [0, 0.1) is 6.92 Å². The summed E-state index contributed by atoms with van der Waals surface area (Å²) in [6.07, 6.45) is 0.899. The van der Waals surface area contributed by atoms with Gasteiger partial charge in [0.1, 0.15) is 0 Å². The predicted octanol–water partition coefficient (Wildman–Crippen LogP) is 11.0. The van der Waals surface area contributed by atoms with Gasteiger partial charge in [-0.1, -0.05) is 103 Å². The molecule has 0 amide bonds. The van der Waals surface area contributed by atoms with Crippen LogP contribution in [-0.4, -0.2) is 0 Å². The van der Waals surface area contributed by atoms with Gasteiger partial charge in [-0.05, 0) is 110 Å². The Morgan fingerprint density at radius 3 is 1.37 bits per heavy atom. The minimum atomic E-state index is 0.899. The Balaban J connectivity index is 1.26. The second-order valence-corrected chi connectivity index (χ2v) is 11.2. The standard InChI is InChI=1S/C40H29N/c1-27-10-18-38(19-11-27)41-39-20-16-34(32-14-12-28-6-2-4-8-30(28)22-32)24-36(39)26-37-25-35(17-21-40(37)41)33-15-13-29-7-3-5-9-31(29)23-33/h2-25H,26H2,1H3. The van der Waals surface area contributed by atoms with Crippen molar-refractivity contribution in [1.29, 1.82) is 0 Å². The molecule has 0 aliphatic carbocycles. The Labute approximate surface area is 241 Å². The lowest BCUT2D eigenvalue weighted by Crippen LogP contribution is -2.18. The van der Waals surface area contributed by atoms with Crippen LogP contribution in [0.15, 0.2) is 146 Å². The zero-order valence-corrected chi connectivity index (χ0v) is 23.0. The molecule has 0 saturated carbocycles. The van der Waals surface area contributed by atoms with Gasteiger partial charge in [0, 0.05) is 23.5 Å². The Morgan fingerprint density at radius 2 is 0.854 bits per heavy atom. The molecule has 7 aromatic carbocycles. The first-order valence-electron chi connectivity index (χ1n) is 14.3. The average Bonchev–Trinajstić information content (AvgIpc) is 3.03. The third kappa shape index (κ3) is 4.18. The molecule has 0 fully saturated rings. The summed E-state index contributed by atoms with van der Waals surface area (Å²) in [5.74, 6) is 0. The fourth-order valence-electron chi connectivity index (χ4n) is 6.29. The van der Waals surface area contributed by atoms with Crippen molar-refractivity contribution >= 4 is 38.6 Å².